The summed E-state index contributed by atoms with van der Waals surface area (Å²) >= 11 is 0. The molecule has 1 N–H and O–H groups in total. The first-order valence-corrected chi connectivity index (χ1v) is 6.69. The summed E-state index contributed by atoms with van der Waals surface area (Å²) < 4.78 is 5.49. The maximum atomic E-state index is 11.7. The van der Waals surface area contributed by atoms with Gasteiger partial charge in [0.05, 0.1) is 12.0 Å². The molecule has 3 nitrogen and oxygen atoms in total. The highest BCUT2D eigenvalue weighted by Crippen LogP contribution is 2.57. The van der Waals surface area contributed by atoms with Crippen molar-refractivity contribution in [2.45, 2.75) is 44.8 Å². The number of fused-ring (bicyclic) bond motifs is 3. The maximum Gasteiger partial charge on any atom is 0.334 e. The van der Waals surface area contributed by atoms with Crippen molar-refractivity contribution in [3.05, 3.63) is 24.3 Å². The molecule has 5 atom stereocenters. The summed E-state index contributed by atoms with van der Waals surface area (Å²) in [5.41, 5.74) is 1.63. The standard InChI is InChI=1S/C15H20O3/c1-8-5-4-6-15(3)7-10(16)11-9(2)14(17)18-13(11)12(8)15/h10-13,16H,1-2,4-7H2,3H3/t10-,11-,12-,13+,15-/m1/s1. The van der Waals surface area contributed by atoms with E-state index in [1.165, 1.54) is 5.57 Å². The molecule has 0 aromatic rings. The maximum absolute atomic E-state index is 11.7. The molecule has 0 amide bonds. The zero-order valence-electron chi connectivity index (χ0n) is 10.8. The second-order valence-electron chi connectivity index (χ2n) is 6.34. The third kappa shape index (κ3) is 1.43. The number of rotatable bonds is 0. The van der Waals surface area contributed by atoms with Crippen LogP contribution in [-0.2, 0) is 9.53 Å². The van der Waals surface area contributed by atoms with Crippen LogP contribution in [0.5, 0.6) is 0 Å². The lowest BCUT2D eigenvalue weighted by molar-refractivity contribution is -0.149. The second-order valence-corrected chi connectivity index (χ2v) is 6.34. The summed E-state index contributed by atoms with van der Waals surface area (Å²) in [6, 6.07) is 0. The van der Waals surface area contributed by atoms with E-state index in [0.29, 0.717) is 12.0 Å². The number of carbonyl (C=O) groups excluding carboxylic acids is 1. The van der Waals surface area contributed by atoms with Gasteiger partial charge in [-0.3, -0.25) is 0 Å². The van der Waals surface area contributed by atoms with Crippen molar-refractivity contribution in [1.82, 2.24) is 0 Å². The topological polar surface area (TPSA) is 46.5 Å². The highest BCUT2D eigenvalue weighted by Gasteiger charge is 2.58. The van der Waals surface area contributed by atoms with E-state index in [2.05, 4.69) is 20.1 Å². The number of ether oxygens (including phenoxy) is 1. The number of hydrogen-bond acceptors (Lipinski definition) is 3. The molecule has 18 heavy (non-hydrogen) atoms. The Balaban J connectivity index is 2.02. The van der Waals surface area contributed by atoms with Crippen molar-refractivity contribution in [3.8, 4) is 0 Å². The Bertz CT molecular complexity index is 439. The van der Waals surface area contributed by atoms with Gasteiger partial charge in [-0.15, -0.1) is 0 Å². The molecule has 3 rings (SSSR count). The number of carbonyl (C=O) groups is 1. The molecule has 0 spiro atoms. The number of hydrogen-bond donors (Lipinski definition) is 1. The van der Waals surface area contributed by atoms with Gasteiger partial charge in [0.25, 0.3) is 0 Å². The Labute approximate surface area is 108 Å². The van der Waals surface area contributed by atoms with Crippen molar-refractivity contribution in [1.29, 1.82) is 0 Å². The van der Waals surface area contributed by atoms with Crippen LogP contribution in [0.3, 0.4) is 0 Å². The SMILES string of the molecule is C=C1C(=O)O[C@H]2[C@H]1[C@H](O)C[C@@]1(C)CCCC(=C)[C@H]21. The van der Waals surface area contributed by atoms with Crippen LogP contribution in [0.25, 0.3) is 0 Å². The smallest absolute Gasteiger partial charge is 0.334 e. The Morgan fingerprint density at radius 1 is 1.44 bits per heavy atom. The van der Waals surface area contributed by atoms with E-state index in [1.54, 1.807) is 0 Å². The minimum absolute atomic E-state index is 0.0147. The molecule has 3 aliphatic rings. The van der Waals surface area contributed by atoms with Gasteiger partial charge in [-0.05, 0) is 31.1 Å². The molecule has 0 aromatic carbocycles. The summed E-state index contributed by atoms with van der Waals surface area (Å²) in [5, 5.41) is 10.3. The van der Waals surface area contributed by atoms with E-state index >= 15 is 0 Å². The highest BCUT2D eigenvalue weighted by atomic mass is 16.6. The Hall–Kier alpha value is -1.09. The predicted octanol–water partition coefficient (Wildman–Crippen LogP) is 2.21. The van der Waals surface area contributed by atoms with E-state index in [0.717, 1.165) is 19.3 Å². The van der Waals surface area contributed by atoms with Gasteiger partial charge in [-0.2, -0.15) is 0 Å². The summed E-state index contributed by atoms with van der Waals surface area (Å²) in [5.74, 6) is -0.389. The molecule has 1 aliphatic heterocycles. The first-order valence-electron chi connectivity index (χ1n) is 6.69. The van der Waals surface area contributed by atoms with Crippen LogP contribution in [0.2, 0.25) is 0 Å². The van der Waals surface area contributed by atoms with Gasteiger partial charge in [-0.1, -0.05) is 25.7 Å². The van der Waals surface area contributed by atoms with Crippen molar-refractivity contribution in [3.63, 3.8) is 0 Å². The lowest BCUT2D eigenvalue weighted by atomic mass is 9.54. The Morgan fingerprint density at radius 3 is 2.89 bits per heavy atom. The predicted molar refractivity (Wildman–Crippen MR) is 67.7 cm³/mol. The van der Waals surface area contributed by atoms with Crippen molar-refractivity contribution >= 4 is 5.97 Å². The molecular weight excluding hydrogens is 228 g/mol. The molecule has 0 unspecified atom stereocenters. The van der Waals surface area contributed by atoms with Crippen LogP contribution in [0.1, 0.15) is 32.6 Å². The first-order chi connectivity index (χ1) is 8.44. The third-order valence-corrected chi connectivity index (χ3v) is 5.12. The van der Waals surface area contributed by atoms with Crippen LogP contribution < -0.4 is 0 Å². The van der Waals surface area contributed by atoms with Crippen LogP contribution in [0, 0.1) is 17.3 Å². The Kier molecular flexibility index (Phi) is 2.46. The van der Waals surface area contributed by atoms with Crippen molar-refractivity contribution in [2.75, 3.05) is 0 Å². The molecule has 98 valence electrons. The summed E-state index contributed by atoms with van der Waals surface area (Å²) in [7, 11) is 0. The third-order valence-electron chi connectivity index (χ3n) is 5.12. The van der Waals surface area contributed by atoms with Crippen molar-refractivity contribution in [2.24, 2.45) is 17.3 Å². The highest BCUT2D eigenvalue weighted by molar-refractivity contribution is 5.91. The molecule has 0 bridgehead atoms. The van der Waals surface area contributed by atoms with Crippen LogP contribution in [-0.4, -0.2) is 23.3 Å². The zero-order chi connectivity index (χ0) is 13.1. The molecule has 3 heteroatoms. The van der Waals surface area contributed by atoms with E-state index in [4.69, 9.17) is 4.74 Å². The lowest BCUT2D eigenvalue weighted by Gasteiger charge is -2.51. The van der Waals surface area contributed by atoms with Gasteiger partial charge in [0, 0.05) is 11.5 Å². The lowest BCUT2D eigenvalue weighted by Crippen LogP contribution is -2.52. The van der Waals surface area contributed by atoms with Crippen LogP contribution in [0.15, 0.2) is 24.3 Å². The molecule has 3 fully saturated rings. The quantitative estimate of drug-likeness (QED) is 0.406. The number of aliphatic hydroxyl groups excluding tert-OH is 1. The number of esters is 1. The largest absolute Gasteiger partial charge is 0.458 e. The van der Waals surface area contributed by atoms with Gasteiger partial charge in [0.2, 0.25) is 0 Å². The monoisotopic (exact) mass is 248 g/mol. The molecule has 2 aliphatic carbocycles. The summed E-state index contributed by atoms with van der Waals surface area (Å²) in [4.78, 5) is 11.7. The van der Waals surface area contributed by atoms with Gasteiger partial charge in [0.15, 0.2) is 0 Å². The molecule has 2 saturated carbocycles. The van der Waals surface area contributed by atoms with Gasteiger partial charge >= 0.3 is 5.97 Å². The fourth-order valence-corrected chi connectivity index (χ4v) is 4.32. The molecule has 1 saturated heterocycles. The fraction of sp³-hybridized carbons (Fsp3) is 0.667. The molecular formula is C15H20O3. The van der Waals surface area contributed by atoms with Gasteiger partial charge in [-0.25, -0.2) is 4.79 Å². The number of aliphatic hydroxyl groups is 1. The average Bonchev–Trinajstić information content (AvgIpc) is 2.54. The van der Waals surface area contributed by atoms with Crippen LogP contribution >= 0.6 is 0 Å². The summed E-state index contributed by atoms with van der Waals surface area (Å²) in [6.45, 7) is 10.2. The van der Waals surface area contributed by atoms with E-state index in [-0.39, 0.29) is 29.3 Å². The van der Waals surface area contributed by atoms with Gasteiger partial charge in [0.1, 0.15) is 6.10 Å². The average molecular weight is 248 g/mol. The molecule has 0 aromatic heterocycles. The van der Waals surface area contributed by atoms with Gasteiger partial charge < -0.3 is 9.84 Å². The first kappa shape index (κ1) is 12.0. The normalized spacial score (nSPS) is 47.6. The fourth-order valence-electron chi connectivity index (χ4n) is 4.32. The Morgan fingerprint density at radius 2 is 2.17 bits per heavy atom. The van der Waals surface area contributed by atoms with Crippen LogP contribution in [0.4, 0.5) is 0 Å². The van der Waals surface area contributed by atoms with E-state index < -0.39 is 6.10 Å². The molecule has 0 radical (unpaired) electrons. The van der Waals surface area contributed by atoms with E-state index in [9.17, 15) is 9.90 Å². The molecule has 1 heterocycles. The van der Waals surface area contributed by atoms with Crippen molar-refractivity contribution < 1.29 is 14.6 Å². The minimum atomic E-state index is -0.513. The zero-order valence-corrected chi connectivity index (χ0v) is 10.8. The second kappa shape index (κ2) is 3.70. The summed E-state index contributed by atoms with van der Waals surface area (Å²) in [6.07, 6.45) is 3.15. The minimum Gasteiger partial charge on any atom is -0.458 e. The van der Waals surface area contributed by atoms with E-state index in [1.807, 2.05) is 0 Å².